The molecule has 1 N–H and O–H groups in total. The third-order valence-electron chi connectivity index (χ3n) is 2.94. The molecule has 1 aromatic rings. The molecule has 1 amide bonds. The van der Waals surface area contributed by atoms with Crippen molar-refractivity contribution in [3.8, 4) is 0 Å². The molecular formula is C13H16N3O3. The summed E-state index contributed by atoms with van der Waals surface area (Å²) in [7, 11) is 1.65. The molecule has 1 saturated heterocycles. The SMILES string of the molecule is CC(=O)c1[c]c(C(=O)N(C)C2CNCCO2)ncc1. The van der Waals surface area contributed by atoms with Gasteiger partial charge in [0.15, 0.2) is 5.78 Å². The molecule has 2 rings (SSSR count). The highest BCUT2D eigenvalue weighted by Crippen LogP contribution is 2.08. The van der Waals surface area contributed by atoms with E-state index in [4.69, 9.17) is 4.74 Å². The largest absolute Gasteiger partial charge is 0.356 e. The fourth-order valence-electron chi connectivity index (χ4n) is 1.80. The molecule has 2 heterocycles. The number of nitrogens with zero attached hydrogens (tertiary/aromatic N) is 2. The van der Waals surface area contributed by atoms with Gasteiger partial charge in [0.1, 0.15) is 11.9 Å². The van der Waals surface area contributed by atoms with Gasteiger partial charge in [-0.15, -0.1) is 0 Å². The minimum atomic E-state index is -0.322. The second kappa shape index (κ2) is 5.90. The number of hydrogen-bond donors (Lipinski definition) is 1. The molecule has 101 valence electrons. The van der Waals surface area contributed by atoms with E-state index in [-0.39, 0.29) is 23.6 Å². The Kier molecular flexibility index (Phi) is 4.24. The number of carbonyl (C=O) groups is 2. The molecule has 0 spiro atoms. The first-order valence-electron chi connectivity index (χ1n) is 6.08. The van der Waals surface area contributed by atoms with E-state index in [0.29, 0.717) is 18.7 Å². The zero-order chi connectivity index (χ0) is 13.8. The van der Waals surface area contributed by atoms with Gasteiger partial charge in [0, 0.05) is 38.0 Å². The summed E-state index contributed by atoms with van der Waals surface area (Å²) in [6.45, 7) is 3.35. The monoisotopic (exact) mass is 262 g/mol. The van der Waals surface area contributed by atoms with E-state index >= 15 is 0 Å². The summed E-state index contributed by atoms with van der Waals surface area (Å²) in [4.78, 5) is 28.9. The summed E-state index contributed by atoms with van der Waals surface area (Å²) in [5.41, 5.74) is 0.485. The van der Waals surface area contributed by atoms with Gasteiger partial charge in [-0.05, 0) is 13.0 Å². The Morgan fingerprint density at radius 3 is 3.00 bits per heavy atom. The maximum absolute atomic E-state index is 12.2. The first kappa shape index (κ1) is 13.6. The number of amides is 1. The average molecular weight is 262 g/mol. The highest BCUT2D eigenvalue weighted by atomic mass is 16.5. The van der Waals surface area contributed by atoms with E-state index in [2.05, 4.69) is 16.4 Å². The lowest BCUT2D eigenvalue weighted by molar-refractivity contribution is -0.0514. The fourth-order valence-corrected chi connectivity index (χ4v) is 1.80. The molecule has 1 fully saturated rings. The second-order valence-electron chi connectivity index (χ2n) is 4.33. The Labute approximate surface area is 111 Å². The van der Waals surface area contributed by atoms with Gasteiger partial charge in [0.05, 0.1) is 6.61 Å². The highest BCUT2D eigenvalue weighted by molar-refractivity contribution is 5.97. The number of morpholine rings is 1. The van der Waals surface area contributed by atoms with Crippen LogP contribution in [0.25, 0.3) is 0 Å². The van der Waals surface area contributed by atoms with Gasteiger partial charge >= 0.3 is 0 Å². The average Bonchev–Trinajstić information content (AvgIpc) is 2.46. The lowest BCUT2D eigenvalue weighted by Gasteiger charge is -2.31. The molecule has 6 nitrogen and oxygen atoms in total. The summed E-state index contributed by atoms with van der Waals surface area (Å²) in [6, 6.07) is 4.28. The molecular weight excluding hydrogens is 246 g/mol. The normalized spacial score (nSPS) is 18.9. The molecule has 0 aliphatic carbocycles. The fraction of sp³-hybridized carbons (Fsp3) is 0.462. The van der Waals surface area contributed by atoms with Crippen molar-refractivity contribution in [1.82, 2.24) is 15.2 Å². The van der Waals surface area contributed by atoms with E-state index in [0.717, 1.165) is 6.54 Å². The number of Topliss-reactive ketones (excluding diaryl/α,β-unsaturated/α-hetero) is 1. The van der Waals surface area contributed by atoms with Crippen LogP contribution in [0.2, 0.25) is 0 Å². The number of ether oxygens (including phenoxy) is 1. The Hall–Kier alpha value is -1.79. The minimum absolute atomic E-state index is 0.129. The van der Waals surface area contributed by atoms with Crippen LogP contribution in [0.15, 0.2) is 12.3 Å². The molecule has 1 unspecified atom stereocenters. The van der Waals surface area contributed by atoms with Gasteiger partial charge in [0.25, 0.3) is 5.91 Å². The van der Waals surface area contributed by atoms with Gasteiger partial charge in [-0.2, -0.15) is 0 Å². The number of ketones is 1. The number of nitrogens with one attached hydrogen (secondary N) is 1. The van der Waals surface area contributed by atoms with E-state index in [1.54, 1.807) is 7.05 Å². The molecule has 1 atom stereocenters. The van der Waals surface area contributed by atoms with Gasteiger partial charge in [-0.1, -0.05) is 0 Å². The molecule has 1 aliphatic rings. The van der Waals surface area contributed by atoms with E-state index in [9.17, 15) is 9.59 Å². The van der Waals surface area contributed by atoms with Crippen LogP contribution in [0.1, 0.15) is 27.8 Å². The van der Waals surface area contributed by atoms with E-state index in [1.165, 1.54) is 24.1 Å². The molecule has 19 heavy (non-hydrogen) atoms. The standard InChI is InChI=1S/C13H16N3O3/c1-9(17)10-3-4-15-11(7-10)13(18)16(2)12-8-14-5-6-19-12/h3-4,12,14H,5-6,8H2,1-2H3. The Balaban J connectivity index is 2.14. The van der Waals surface area contributed by atoms with Crippen molar-refractivity contribution >= 4 is 11.7 Å². The summed E-state index contributed by atoms with van der Waals surface area (Å²) in [6.07, 6.45) is 1.12. The van der Waals surface area contributed by atoms with Gasteiger partial charge < -0.3 is 15.0 Å². The first-order chi connectivity index (χ1) is 9.09. The molecule has 0 aromatic carbocycles. The number of likely N-dealkylation sites (N-methyl/N-ethyl adjacent to an activating group) is 1. The van der Waals surface area contributed by atoms with Crippen molar-refractivity contribution in [2.24, 2.45) is 0 Å². The molecule has 0 bridgehead atoms. The quantitative estimate of drug-likeness (QED) is 0.782. The van der Waals surface area contributed by atoms with Crippen molar-refractivity contribution in [3.63, 3.8) is 0 Å². The smallest absolute Gasteiger partial charge is 0.274 e. The number of pyridine rings is 1. The van der Waals surface area contributed by atoms with Crippen LogP contribution < -0.4 is 5.32 Å². The van der Waals surface area contributed by atoms with E-state index in [1.807, 2.05) is 0 Å². The molecule has 1 radical (unpaired) electrons. The van der Waals surface area contributed by atoms with Crippen LogP contribution in [0.5, 0.6) is 0 Å². The van der Waals surface area contributed by atoms with Gasteiger partial charge in [-0.3, -0.25) is 14.6 Å². The third-order valence-corrected chi connectivity index (χ3v) is 2.94. The Morgan fingerprint density at radius 1 is 1.58 bits per heavy atom. The van der Waals surface area contributed by atoms with Crippen LogP contribution in [0.4, 0.5) is 0 Å². The lowest BCUT2D eigenvalue weighted by atomic mass is 10.1. The van der Waals surface area contributed by atoms with Crippen LogP contribution >= 0.6 is 0 Å². The zero-order valence-electron chi connectivity index (χ0n) is 11.0. The predicted octanol–water partition coefficient (Wildman–Crippen LogP) is 0.102. The summed E-state index contributed by atoms with van der Waals surface area (Å²) in [5.74, 6) is -0.452. The van der Waals surface area contributed by atoms with Crippen LogP contribution in [0.3, 0.4) is 0 Å². The highest BCUT2D eigenvalue weighted by Gasteiger charge is 2.24. The van der Waals surface area contributed by atoms with Crippen molar-refractivity contribution in [2.75, 3.05) is 26.7 Å². The summed E-state index contributed by atoms with van der Waals surface area (Å²) < 4.78 is 5.49. The zero-order valence-corrected chi connectivity index (χ0v) is 11.0. The van der Waals surface area contributed by atoms with Gasteiger partial charge in [-0.25, -0.2) is 0 Å². The molecule has 1 aromatic heterocycles. The first-order valence-corrected chi connectivity index (χ1v) is 6.08. The Bertz CT molecular complexity index is 484. The number of hydrogen-bond acceptors (Lipinski definition) is 5. The summed E-state index contributed by atoms with van der Waals surface area (Å²) >= 11 is 0. The number of rotatable bonds is 3. The van der Waals surface area contributed by atoms with Crippen molar-refractivity contribution in [3.05, 3.63) is 29.6 Å². The van der Waals surface area contributed by atoms with Crippen LogP contribution in [0, 0.1) is 6.07 Å². The van der Waals surface area contributed by atoms with Crippen LogP contribution in [-0.2, 0) is 4.74 Å². The Morgan fingerprint density at radius 2 is 2.37 bits per heavy atom. The van der Waals surface area contributed by atoms with Crippen LogP contribution in [-0.4, -0.2) is 54.5 Å². The van der Waals surface area contributed by atoms with Crippen molar-refractivity contribution in [1.29, 1.82) is 0 Å². The number of aromatic nitrogens is 1. The minimum Gasteiger partial charge on any atom is -0.356 e. The molecule has 0 saturated carbocycles. The molecule has 6 heteroatoms. The van der Waals surface area contributed by atoms with Gasteiger partial charge in [0.2, 0.25) is 0 Å². The van der Waals surface area contributed by atoms with Crippen molar-refractivity contribution in [2.45, 2.75) is 13.2 Å². The predicted molar refractivity (Wildman–Crippen MR) is 67.8 cm³/mol. The maximum atomic E-state index is 12.2. The second-order valence-corrected chi connectivity index (χ2v) is 4.33. The number of carbonyl (C=O) groups excluding carboxylic acids is 2. The maximum Gasteiger partial charge on any atom is 0.274 e. The third kappa shape index (κ3) is 3.15. The molecule has 1 aliphatic heterocycles. The van der Waals surface area contributed by atoms with Crippen molar-refractivity contribution < 1.29 is 14.3 Å². The lowest BCUT2D eigenvalue weighted by Crippen LogP contribution is -2.49. The summed E-state index contributed by atoms with van der Waals surface area (Å²) in [5, 5.41) is 3.15. The topological polar surface area (TPSA) is 71.5 Å². The van der Waals surface area contributed by atoms with E-state index < -0.39 is 0 Å².